The van der Waals surface area contributed by atoms with E-state index in [1.165, 1.54) is 12.1 Å². The molecule has 0 unspecified atom stereocenters. The summed E-state index contributed by atoms with van der Waals surface area (Å²) in [6.45, 7) is 11.2. The molecular formula is C20H25ClN2O4. The van der Waals surface area contributed by atoms with Crippen LogP contribution in [0.1, 0.15) is 52.1 Å². The number of hydrogen-bond donors (Lipinski definition) is 1. The van der Waals surface area contributed by atoms with Gasteiger partial charge in [-0.05, 0) is 89.5 Å². The molecule has 2 rings (SSSR count). The molecule has 0 aliphatic carbocycles. The fourth-order valence-electron chi connectivity index (χ4n) is 2.40. The van der Waals surface area contributed by atoms with Crippen molar-refractivity contribution in [3.8, 4) is 0 Å². The molecule has 0 aliphatic heterocycles. The Bertz CT molecular complexity index is 814. The molecule has 2 amide bonds. The molecule has 2 aromatic rings. The Morgan fingerprint density at radius 3 is 2.04 bits per heavy atom. The molecule has 1 N–H and O–H groups in total. The Morgan fingerprint density at radius 1 is 1.00 bits per heavy atom. The van der Waals surface area contributed by atoms with E-state index in [0.717, 1.165) is 0 Å². The van der Waals surface area contributed by atoms with Crippen molar-refractivity contribution in [2.75, 3.05) is 10.2 Å². The third-order valence-corrected chi connectivity index (χ3v) is 3.63. The molecular weight excluding hydrogens is 368 g/mol. The van der Waals surface area contributed by atoms with E-state index >= 15 is 0 Å². The van der Waals surface area contributed by atoms with Gasteiger partial charge < -0.3 is 14.5 Å². The molecule has 0 saturated carbocycles. The van der Waals surface area contributed by atoms with Crippen molar-refractivity contribution in [3.63, 3.8) is 0 Å². The molecule has 0 aliphatic rings. The van der Waals surface area contributed by atoms with E-state index in [1.54, 1.807) is 29.2 Å². The summed E-state index contributed by atoms with van der Waals surface area (Å²) in [7, 11) is 0. The highest BCUT2D eigenvalue weighted by atomic mass is 35.5. The zero-order valence-corrected chi connectivity index (χ0v) is 17.2. The van der Waals surface area contributed by atoms with Crippen molar-refractivity contribution in [1.82, 2.24) is 0 Å². The van der Waals surface area contributed by atoms with Crippen LogP contribution in [0.3, 0.4) is 0 Å². The number of nitrogens with one attached hydrogen (secondary N) is 1. The summed E-state index contributed by atoms with van der Waals surface area (Å²) in [5.41, 5.74) is 0.140. The van der Waals surface area contributed by atoms with E-state index in [0.29, 0.717) is 11.4 Å². The van der Waals surface area contributed by atoms with Crippen molar-refractivity contribution >= 4 is 35.0 Å². The van der Waals surface area contributed by atoms with Gasteiger partial charge in [0.25, 0.3) is 5.91 Å². The van der Waals surface area contributed by atoms with Gasteiger partial charge in [0, 0.05) is 16.9 Å². The number of carbonyl (C=O) groups is 2. The second kappa shape index (κ2) is 7.64. The SMILES string of the molecule is CC(C)(C)OC(=O)N(c1ccc(NC(=O)c2ccc(Cl)o2)cc1)C(C)(C)C. The monoisotopic (exact) mass is 392 g/mol. The molecule has 27 heavy (non-hydrogen) atoms. The highest BCUT2D eigenvalue weighted by Gasteiger charge is 2.32. The maximum Gasteiger partial charge on any atom is 0.415 e. The van der Waals surface area contributed by atoms with Crippen LogP contribution in [-0.2, 0) is 4.74 Å². The second-order valence-electron chi connectivity index (χ2n) is 8.09. The van der Waals surface area contributed by atoms with Gasteiger partial charge >= 0.3 is 6.09 Å². The number of anilines is 2. The maximum absolute atomic E-state index is 12.7. The van der Waals surface area contributed by atoms with Gasteiger partial charge in [0.05, 0.1) is 0 Å². The number of furan rings is 1. The van der Waals surface area contributed by atoms with Gasteiger partial charge in [-0.2, -0.15) is 0 Å². The van der Waals surface area contributed by atoms with Gasteiger partial charge in [-0.1, -0.05) is 0 Å². The highest BCUT2D eigenvalue weighted by molar-refractivity contribution is 6.29. The molecule has 0 fully saturated rings. The fourth-order valence-corrected chi connectivity index (χ4v) is 2.54. The first-order valence-electron chi connectivity index (χ1n) is 8.57. The normalized spacial score (nSPS) is 11.8. The number of hydrogen-bond acceptors (Lipinski definition) is 4. The largest absolute Gasteiger partial charge is 0.443 e. The van der Waals surface area contributed by atoms with Gasteiger partial charge in [-0.25, -0.2) is 4.79 Å². The Balaban J connectivity index is 2.19. The smallest absolute Gasteiger partial charge is 0.415 e. The van der Waals surface area contributed by atoms with E-state index in [9.17, 15) is 9.59 Å². The number of benzene rings is 1. The molecule has 6 nitrogen and oxygen atoms in total. The fraction of sp³-hybridized carbons (Fsp3) is 0.400. The standard InChI is InChI=1S/C20H25ClN2O4/c1-19(2,3)23(18(25)27-20(4,5)6)14-9-7-13(8-10-14)22-17(24)15-11-12-16(21)26-15/h7-12H,1-6H3,(H,22,24). The number of amides is 2. The molecule has 1 heterocycles. The van der Waals surface area contributed by atoms with Gasteiger partial charge in [0.2, 0.25) is 0 Å². The van der Waals surface area contributed by atoms with Crippen LogP contribution in [0.25, 0.3) is 0 Å². The number of rotatable bonds is 3. The zero-order valence-electron chi connectivity index (χ0n) is 16.4. The third-order valence-electron chi connectivity index (χ3n) is 3.43. The van der Waals surface area contributed by atoms with Gasteiger partial charge in [-0.3, -0.25) is 9.69 Å². The molecule has 7 heteroatoms. The minimum Gasteiger partial charge on any atom is -0.443 e. The molecule has 1 aromatic carbocycles. The number of nitrogens with zero attached hydrogens (tertiary/aromatic N) is 1. The van der Waals surface area contributed by atoms with Crippen LogP contribution in [0.15, 0.2) is 40.8 Å². The summed E-state index contributed by atoms with van der Waals surface area (Å²) >= 11 is 5.69. The van der Waals surface area contributed by atoms with Crippen LogP contribution < -0.4 is 10.2 Å². The molecule has 1 aromatic heterocycles. The van der Waals surface area contributed by atoms with Crippen molar-refractivity contribution in [3.05, 3.63) is 47.4 Å². The Labute approximate surface area is 164 Å². The number of ether oxygens (including phenoxy) is 1. The minimum atomic E-state index is -0.598. The Hall–Kier alpha value is -2.47. The van der Waals surface area contributed by atoms with Crippen molar-refractivity contribution in [1.29, 1.82) is 0 Å². The molecule has 0 spiro atoms. The lowest BCUT2D eigenvalue weighted by molar-refractivity contribution is 0.0550. The van der Waals surface area contributed by atoms with Gasteiger partial charge in [0.1, 0.15) is 5.60 Å². The lowest BCUT2D eigenvalue weighted by Gasteiger charge is -2.36. The number of halogens is 1. The first kappa shape index (κ1) is 20.8. The average molecular weight is 393 g/mol. The quantitative estimate of drug-likeness (QED) is 0.724. The van der Waals surface area contributed by atoms with Gasteiger partial charge in [0.15, 0.2) is 11.0 Å². The maximum atomic E-state index is 12.7. The predicted octanol–water partition coefficient (Wildman–Crippen LogP) is 5.73. The molecule has 0 atom stereocenters. The third kappa shape index (κ3) is 5.76. The van der Waals surface area contributed by atoms with Crippen molar-refractivity contribution < 1.29 is 18.7 Å². The van der Waals surface area contributed by atoms with Crippen LogP contribution in [0, 0.1) is 0 Å². The van der Waals surface area contributed by atoms with Crippen LogP contribution in [0.2, 0.25) is 5.22 Å². The molecule has 146 valence electrons. The summed E-state index contributed by atoms with van der Waals surface area (Å²) in [6.07, 6.45) is -0.433. The van der Waals surface area contributed by atoms with Crippen LogP contribution in [-0.4, -0.2) is 23.1 Å². The molecule has 0 radical (unpaired) electrons. The predicted molar refractivity (Wildman–Crippen MR) is 107 cm³/mol. The first-order chi connectivity index (χ1) is 12.4. The zero-order chi connectivity index (χ0) is 20.4. The van der Waals surface area contributed by atoms with Gasteiger partial charge in [-0.15, -0.1) is 0 Å². The first-order valence-corrected chi connectivity index (χ1v) is 8.94. The number of carbonyl (C=O) groups excluding carboxylic acids is 2. The van der Waals surface area contributed by atoms with E-state index in [4.69, 9.17) is 20.8 Å². The van der Waals surface area contributed by atoms with E-state index < -0.39 is 23.1 Å². The molecule has 0 bridgehead atoms. The van der Waals surface area contributed by atoms with E-state index in [2.05, 4.69) is 5.32 Å². The summed E-state index contributed by atoms with van der Waals surface area (Å²) in [4.78, 5) is 26.4. The Kier molecular flexibility index (Phi) is 5.90. The summed E-state index contributed by atoms with van der Waals surface area (Å²) in [6, 6.07) is 9.92. The van der Waals surface area contributed by atoms with Crippen molar-refractivity contribution in [2.45, 2.75) is 52.7 Å². The minimum absolute atomic E-state index is 0.120. The van der Waals surface area contributed by atoms with Crippen molar-refractivity contribution in [2.24, 2.45) is 0 Å². The average Bonchev–Trinajstić information content (AvgIpc) is 2.92. The lowest BCUT2D eigenvalue weighted by Crippen LogP contribution is -2.48. The van der Waals surface area contributed by atoms with E-state index in [1.807, 2.05) is 41.5 Å². The van der Waals surface area contributed by atoms with E-state index in [-0.39, 0.29) is 11.0 Å². The van der Waals surface area contributed by atoms with Crippen LogP contribution in [0.5, 0.6) is 0 Å². The summed E-state index contributed by atoms with van der Waals surface area (Å²) in [5, 5.41) is 2.86. The Morgan fingerprint density at radius 2 is 1.59 bits per heavy atom. The topological polar surface area (TPSA) is 71.8 Å². The summed E-state index contributed by atoms with van der Waals surface area (Å²) < 4.78 is 10.6. The molecule has 0 saturated heterocycles. The second-order valence-corrected chi connectivity index (χ2v) is 8.46. The van der Waals surface area contributed by atoms with Crippen LogP contribution in [0.4, 0.5) is 16.2 Å². The lowest BCUT2D eigenvalue weighted by atomic mass is 10.1. The summed E-state index contributed by atoms with van der Waals surface area (Å²) in [5.74, 6) is -0.288. The highest BCUT2D eigenvalue weighted by Crippen LogP contribution is 2.28. The van der Waals surface area contributed by atoms with Crippen LogP contribution >= 0.6 is 11.6 Å².